The number of carbonyl (C=O) groups excluding carboxylic acids is 1. The van der Waals surface area contributed by atoms with Crippen LogP contribution >= 0.6 is 11.8 Å². The molecule has 1 saturated heterocycles. The second-order valence-electron chi connectivity index (χ2n) is 8.24. The van der Waals surface area contributed by atoms with Gasteiger partial charge in [0.15, 0.2) is 0 Å². The van der Waals surface area contributed by atoms with Gasteiger partial charge in [0, 0.05) is 42.8 Å². The molecule has 0 N–H and O–H groups in total. The summed E-state index contributed by atoms with van der Waals surface area (Å²) in [7, 11) is 1.62. The number of hydrogen-bond acceptors (Lipinski definition) is 5. The van der Waals surface area contributed by atoms with Crippen molar-refractivity contribution in [2.75, 3.05) is 26.8 Å². The minimum atomic E-state index is -0.0767. The summed E-state index contributed by atoms with van der Waals surface area (Å²) in [4.78, 5) is 28.6. The van der Waals surface area contributed by atoms with Crippen LogP contribution in [0.3, 0.4) is 0 Å². The molecule has 1 amide bonds. The van der Waals surface area contributed by atoms with Crippen molar-refractivity contribution in [3.63, 3.8) is 0 Å². The highest BCUT2D eigenvalue weighted by atomic mass is 32.2. The molecule has 0 bridgehead atoms. The lowest BCUT2D eigenvalue weighted by Gasteiger charge is -2.31. The molecule has 1 aliphatic heterocycles. The summed E-state index contributed by atoms with van der Waals surface area (Å²) in [6, 6.07) is 8.32. The molecular formula is C23H34N4O3S. The zero-order valence-electron chi connectivity index (χ0n) is 19.0. The molecule has 2 heterocycles. The lowest BCUT2D eigenvalue weighted by molar-refractivity contribution is -0.131. The summed E-state index contributed by atoms with van der Waals surface area (Å²) in [5.41, 5.74) is 0.976. The van der Waals surface area contributed by atoms with E-state index in [9.17, 15) is 9.59 Å². The molecule has 1 aromatic carbocycles. The lowest BCUT2D eigenvalue weighted by atomic mass is 9.95. The van der Waals surface area contributed by atoms with E-state index in [-0.39, 0.29) is 17.5 Å². The zero-order chi connectivity index (χ0) is 22.4. The maximum Gasteiger partial charge on any atom is 0.345 e. The van der Waals surface area contributed by atoms with Crippen LogP contribution in [0.15, 0.2) is 34.0 Å². The van der Waals surface area contributed by atoms with Gasteiger partial charge < -0.3 is 9.64 Å². The molecular weight excluding hydrogens is 412 g/mol. The van der Waals surface area contributed by atoms with E-state index in [1.165, 1.54) is 9.58 Å². The van der Waals surface area contributed by atoms with Crippen LogP contribution in [0.25, 0.3) is 0 Å². The van der Waals surface area contributed by atoms with Gasteiger partial charge in [-0.15, -0.1) is 11.8 Å². The van der Waals surface area contributed by atoms with E-state index >= 15 is 0 Å². The van der Waals surface area contributed by atoms with Gasteiger partial charge in [-0.1, -0.05) is 26.0 Å². The van der Waals surface area contributed by atoms with Crippen LogP contribution in [0, 0.1) is 0 Å². The van der Waals surface area contributed by atoms with Gasteiger partial charge in [-0.25, -0.2) is 9.48 Å². The largest absolute Gasteiger partial charge is 0.383 e. The minimum absolute atomic E-state index is 0.0767. The molecule has 0 saturated carbocycles. The van der Waals surface area contributed by atoms with Crippen LogP contribution in [0.2, 0.25) is 0 Å². The fraction of sp³-hybridized carbons (Fsp3) is 0.609. The second-order valence-corrected chi connectivity index (χ2v) is 9.89. The Morgan fingerprint density at radius 3 is 2.48 bits per heavy atom. The van der Waals surface area contributed by atoms with E-state index in [4.69, 9.17) is 4.74 Å². The summed E-state index contributed by atoms with van der Waals surface area (Å²) in [6.07, 6.45) is 2.09. The van der Waals surface area contributed by atoms with Crippen molar-refractivity contribution in [1.82, 2.24) is 19.2 Å². The number of rotatable bonds is 9. The van der Waals surface area contributed by atoms with E-state index in [1.54, 1.807) is 11.7 Å². The molecule has 2 aromatic rings. The highest BCUT2D eigenvalue weighted by molar-refractivity contribution is 7.99. The molecule has 0 aliphatic carbocycles. The monoisotopic (exact) mass is 446 g/mol. The molecule has 1 aromatic heterocycles. The van der Waals surface area contributed by atoms with Crippen LogP contribution in [-0.4, -0.2) is 57.2 Å². The van der Waals surface area contributed by atoms with Crippen LogP contribution in [-0.2, 0) is 29.0 Å². The summed E-state index contributed by atoms with van der Waals surface area (Å²) in [6.45, 7) is 9.25. The number of piperidine rings is 1. The Balaban J connectivity index is 1.58. The van der Waals surface area contributed by atoms with Gasteiger partial charge in [0.25, 0.3) is 0 Å². The quantitative estimate of drug-likeness (QED) is 0.554. The van der Waals surface area contributed by atoms with Crippen molar-refractivity contribution in [3.8, 4) is 0 Å². The standard InChI is InChI=1S/C23H34N4O3S/c1-5-26-22(24-27(23(26)29)14-15-30-4)19-10-12-25(13-11-19)21(28)16-18-6-8-20(9-7-18)31-17(2)3/h6-9,17,19H,5,10-16H2,1-4H3. The third kappa shape index (κ3) is 6.01. The highest BCUT2D eigenvalue weighted by Crippen LogP contribution is 2.27. The maximum absolute atomic E-state index is 12.8. The normalized spacial score (nSPS) is 15.1. The molecule has 170 valence electrons. The van der Waals surface area contributed by atoms with E-state index in [0.717, 1.165) is 24.2 Å². The number of methoxy groups -OCH3 is 1. The lowest BCUT2D eigenvalue weighted by Crippen LogP contribution is -2.39. The van der Waals surface area contributed by atoms with Gasteiger partial charge >= 0.3 is 5.69 Å². The molecule has 31 heavy (non-hydrogen) atoms. The maximum atomic E-state index is 12.8. The van der Waals surface area contributed by atoms with E-state index < -0.39 is 0 Å². The summed E-state index contributed by atoms with van der Waals surface area (Å²) in [5.74, 6) is 1.21. The van der Waals surface area contributed by atoms with Crippen molar-refractivity contribution in [2.24, 2.45) is 0 Å². The molecule has 3 rings (SSSR count). The first-order chi connectivity index (χ1) is 14.9. The Morgan fingerprint density at radius 2 is 1.90 bits per heavy atom. The van der Waals surface area contributed by atoms with Crippen molar-refractivity contribution >= 4 is 17.7 Å². The van der Waals surface area contributed by atoms with E-state index in [0.29, 0.717) is 44.5 Å². The molecule has 0 radical (unpaired) electrons. The number of benzene rings is 1. The summed E-state index contributed by atoms with van der Waals surface area (Å²) >= 11 is 1.83. The average Bonchev–Trinajstić information content (AvgIpc) is 3.08. The first kappa shape index (κ1) is 23.6. The van der Waals surface area contributed by atoms with Gasteiger partial charge in [-0.2, -0.15) is 5.10 Å². The Kier molecular flexibility index (Phi) is 8.37. The predicted octanol–water partition coefficient (Wildman–Crippen LogP) is 3.16. The number of amides is 1. The Morgan fingerprint density at radius 1 is 1.23 bits per heavy atom. The Bertz CT molecular complexity index is 912. The van der Waals surface area contributed by atoms with Gasteiger partial charge in [-0.05, 0) is 37.5 Å². The van der Waals surface area contributed by atoms with Crippen molar-refractivity contribution in [1.29, 1.82) is 0 Å². The third-order valence-corrected chi connectivity index (χ3v) is 6.65. The zero-order valence-corrected chi connectivity index (χ0v) is 19.9. The van der Waals surface area contributed by atoms with Gasteiger partial charge in [0.1, 0.15) is 5.82 Å². The molecule has 0 unspecified atom stereocenters. The number of carbonyl (C=O) groups is 1. The Hall–Kier alpha value is -2.06. The third-order valence-electron chi connectivity index (χ3n) is 5.64. The number of thioether (sulfide) groups is 1. The van der Waals surface area contributed by atoms with Crippen LogP contribution < -0.4 is 5.69 Å². The van der Waals surface area contributed by atoms with E-state index in [2.05, 4.69) is 43.2 Å². The first-order valence-electron chi connectivity index (χ1n) is 11.1. The number of hydrogen-bond donors (Lipinski definition) is 0. The van der Waals surface area contributed by atoms with Crippen molar-refractivity contribution in [3.05, 3.63) is 46.1 Å². The van der Waals surface area contributed by atoms with Gasteiger partial charge in [0.2, 0.25) is 5.91 Å². The minimum Gasteiger partial charge on any atom is -0.383 e. The molecule has 8 heteroatoms. The number of likely N-dealkylation sites (tertiary alicyclic amines) is 1. The molecule has 0 spiro atoms. The van der Waals surface area contributed by atoms with Crippen LogP contribution in [0.5, 0.6) is 0 Å². The predicted molar refractivity (Wildman–Crippen MR) is 124 cm³/mol. The van der Waals surface area contributed by atoms with Crippen molar-refractivity contribution in [2.45, 2.75) is 69.2 Å². The average molecular weight is 447 g/mol. The topological polar surface area (TPSA) is 69.4 Å². The van der Waals surface area contributed by atoms with Gasteiger partial charge in [-0.3, -0.25) is 9.36 Å². The molecule has 7 nitrogen and oxygen atoms in total. The number of nitrogens with zero attached hydrogens (tertiary/aromatic N) is 4. The highest BCUT2D eigenvalue weighted by Gasteiger charge is 2.28. The second kappa shape index (κ2) is 11.0. The smallest absolute Gasteiger partial charge is 0.345 e. The summed E-state index contributed by atoms with van der Waals surface area (Å²) in [5, 5.41) is 5.14. The van der Waals surface area contributed by atoms with Crippen molar-refractivity contribution < 1.29 is 9.53 Å². The van der Waals surface area contributed by atoms with E-state index in [1.807, 2.05) is 23.6 Å². The van der Waals surface area contributed by atoms with Crippen LogP contribution in [0.4, 0.5) is 0 Å². The van der Waals surface area contributed by atoms with Gasteiger partial charge in [0.05, 0.1) is 19.6 Å². The SMILES string of the molecule is CCn1c(C2CCN(C(=O)Cc3ccc(SC(C)C)cc3)CC2)nn(CCOC)c1=O. The fourth-order valence-corrected chi connectivity index (χ4v) is 4.85. The number of aromatic nitrogens is 3. The first-order valence-corrected chi connectivity index (χ1v) is 12.0. The summed E-state index contributed by atoms with van der Waals surface area (Å²) < 4.78 is 8.35. The van der Waals surface area contributed by atoms with Crippen LogP contribution in [0.1, 0.15) is 50.9 Å². The molecule has 1 fully saturated rings. The molecule has 1 aliphatic rings. The molecule has 0 atom stereocenters. The fourth-order valence-electron chi connectivity index (χ4n) is 4.01. The Labute approximate surface area is 188 Å². The number of ether oxygens (including phenoxy) is 1.